The molecule has 1 aliphatic carbocycles. The summed E-state index contributed by atoms with van der Waals surface area (Å²) < 4.78 is 0. The quantitative estimate of drug-likeness (QED) is 0.831. The second kappa shape index (κ2) is 7.39. The summed E-state index contributed by atoms with van der Waals surface area (Å²) in [7, 11) is 4.06. The number of hydrogen-bond acceptors (Lipinski definition) is 3. The van der Waals surface area contributed by atoms with Crippen molar-refractivity contribution in [3.63, 3.8) is 0 Å². The van der Waals surface area contributed by atoms with Crippen LogP contribution in [0.2, 0.25) is 0 Å². The predicted octanol–water partition coefficient (Wildman–Crippen LogP) is 2.47. The average Bonchev–Trinajstić information content (AvgIpc) is 2.59. The fourth-order valence-corrected chi connectivity index (χ4v) is 4.45. The summed E-state index contributed by atoms with van der Waals surface area (Å²) in [5.74, 6) is 0.995. The maximum absolute atomic E-state index is 12.7. The van der Waals surface area contributed by atoms with Crippen LogP contribution >= 0.6 is 0 Å². The van der Waals surface area contributed by atoms with Gasteiger partial charge in [-0.25, -0.2) is 0 Å². The Bertz CT molecular complexity index is 654. The molecule has 5 nitrogen and oxygen atoms in total. The lowest BCUT2D eigenvalue weighted by Gasteiger charge is -2.46. The Morgan fingerprint density at radius 1 is 1.04 bits per heavy atom. The van der Waals surface area contributed by atoms with Crippen LogP contribution in [0.5, 0.6) is 0 Å². The van der Waals surface area contributed by atoms with E-state index in [2.05, 4.69) is 18.7 Å². The molecule has 0 N–H and O–H groups in total. The number of benzene rings is 1. The van der Waals surface area contributed by atoms with E-state index in [4.69, 9.17) is 0 Å². The molecule has 1 aliphatic heterocycles. The smallest absolute Gasteiger partial charge is 0.253 e. The van der Waals surface area contributed by atoms with Gasteiger partial charge in [-0.2, -0.15) is 0 Å². The van der Waals surface area contributed by atoms with E-state index in [9.17, 15) is 9.59 Å². The van der Waals surface area contributed by atoms with Crippen LogP contribution in [0.3, 0.4) is 0 Å². The Labute approximate surface area is 156 Å². The summed E-state index contributed by atoms with van der Waals surface area (Å²) in [5, 5.41) is 0. The van der Waals surface area contributed by atoms with Crippen molar-refractivity contribution in [2.75, 3.05) is 40.3 Å². The van der Waals surface area contributed by atoms with Crippen LogP contribution in [0.4, 0.5) is 0 Å². The van der Waals surface area contributed by atoms with Crippen molar-refractivity contribution >= 4 is 11.8 Å². The first-order valence-electron chi connectivity index (χ1n) is 9.61. The van der Waals surface area contributed by atoms with Crippen LogP contribution in [0.25, 0.3) is 0 Å². The predicted molar refractivity (Wildman–Crippen MR) is 103 cm³/mol. The summed E-state index contributed by atoms with van der Waals surface area (Å²) in [6, 6.07) is 7.86. The van der Waals surface area contributed by atoms with Crippen molar-refractivity contribution in [3.05, 3.63) is 35.4 Å². The third-order valence-electron chi connectivity index (χ3n) is 5.67. The minimum absolute atomic E-state index is 0.0666. The van der Waals surface area contributed by atoms with Gasteiger partial charge >= 0.3 is 0 Å². The molecule has 2 amide bonds. The monoisotopic (exact) mass is 357 g/mol. The van der Waals surface area contributed by atoms with Crippen LogP contribution in [0, 0.1) is 11.3 Å². The number of piperazine rings is 1. The van der Waals surface area contributed by atoms with Crippen molar-refractivity contribution in [2.24, 2.45) is 11.3 Å². The number of nitrogens with zero attached hydrogens (tertiary/aromatic N) is 3. The van der Waals surface area contributed by atoms with Crippen molar-refractivity contribution in [1.82, 2.24) is 14.7 Å². The molecule has 0 spiro atoms. The minimum Gasteiger partial charge on any atom is -0.339 e. The Morgan fingerprint density at radius 3 is 2.08 bits per heavy atom. The average molecular weight is 357 g/mol. The largest absolute Gasteiger partial charge is 0.339 e. The molecule has 3 rings (SSSR count). The molecule has 1 aromatic carbocycles. The Kier molecular flexibility index (Phi) is 5.37. The normalized spacial score (nSPS) is 26.0. The van der Waals surface area contributed by atoms with Gasteiger partial charge in [0.15, 0.2) is 0 Å². The molecule has 0 unspecified atom stereocenters. The van der Waals surface area contributed by atoms with E-state index in [1.165, 1.54) is 5.56 Å². The summed E-state index contributed by atoms with van der Waals surface area (Å²) >= 11 is 0. The van der Waals surface area contributed by atoms with Crippen LogP contribution in [0.1, 0.15) is 42.6 Å². The van der Waals surface area contributed by atoms with Gasteiger partial charge in [-0.15, -0.1) is 0 Å². The molecule has 0 aromatic heterocycles. The lowest BCUT2D eigenvalue weighted by atomic mass is 9.63. The third-order valence-corrected chi connectivity index (χ3v) is 5.67. The molecule has 1 saturated carbocycles. The second-order valence-corrected chi connectivity index (χ2v) is 8.59. The number of rotatable bonds is 4. The molecular weight excluding hydrogens is 326 g/mol. The van der Waals surface area contributed by atoms with Gasteiger partial charge in [0.1, 0.15) is 0 Å². The first-order chi connectivity index (χ1) is 12.3. The molecule has 0 radical (unpaired) electrons. The highest BCUT2D eigenvalue weighted by molar-refractivity contribution is 5.94. The van der Waals surface area contributed by atoms with Gasteiger partial charge in [0, 0.05) is 43.7 Å². The number of carbonyl (C=O) groups excluding carboxylic acids is 2. The van der Waals surface area contributed by atoms with E-state index in [0.29, 0.717) is 32.1 Å². The van der Waals surface area contributed by atoms with E-state index in [0.717, 1.165) is 24.9 Å². The van der Waals surface area contributed by atoms with Gasteiger partial charge in [-0.3, -0.25) is 9.59 Å². The van der Waals surface area contributed by atoms with Crippen molar-refractivity contribution < 1.29 is 9.59 Å². The standard InChI is InChI=1S/C21H31N3O2/c1-16-13-21(2,14-16)20(26)24-11-9-23(10-12-24)19(25)18-7-5-17(6-8-18)15-22(3)4/h5-8,16H,9-15H2,1-4H3. The highest BCUT2D eigenvalue weighted by Crippen LogP contribution is 2.46. The lowest BCUT2D eigenvalue weighted by molar-refractivity contribution is -0.150. The van der Waals surface area contributed by atoms with E-state index in [-0.39, 0.29) is 17.2 Å². The highest BCUT2D eigenvalue weighted by Gasteiger charge is 2.46. The summed E-state index contributed by atoms with van der Waals surface area (Å²) in [6.07, 6.45) is 1.98. The molecule has 142 valence electrons. The SMILES string of the molecule is CC1CC(C)(C(=O)N2CCN(C(=O)c3ccc(CN(C)C)cc3)CC2)C1. The maximum atomic E-state index is 12.7. The third kappa shape index (κ3) is 3.93. The van der Waals surface area contributed by atoms with Crippen LogP contribution in [0.15, 0.2) is 24.3 Å². The Balaban J connectivity index is 1.54. The molecule has 0 atom stereocenters. The molecule has 2 aliphatic rings. The van der Waals surface area contributed by atoms with Crippen LogP contribution in [-0.4, -0.2) is 66.8 Å². The molecule has 5 heteroatoms. The fourth-order valence-electron chi connectivity index (χ4n) is 4.45. The summed E-state index contributed by atoms with van der Waals surface area (Å²) in [4.78, 5) is 31.4. The molecular formula is C21H31N3O2. The van der Waals surface area contributed by atoms with E-state index in [1.807, 2.05) is 48.2 Å². The van der Waals surface area contributed by atoms with E-state index < -0.39 is 0 Å². The second-order valence-electron chi connectivity index (χ2n) is 8.59. The van der Waals surface area contributed by atoms with Crippen molar-refractivity contribution in [3.8, 4) is 0 Å². The fraction of sp³-hybridized carbons (Fsp3) is 0.619. The first kappa shape index (κ1) is 18.9. The number of amides is 2. The van der Waals surface area contributed by atoms with Gasteiger partial charge in [0.05, 0.1) is 0 Å². The van der Waals surface area contributed by atoms with Gasteiger partial charge in [0.25, 0.3) is 5.91 Å². The zero-order valence-electron chi connectivity index (χ0n) is 16.5. The molecule has 1 saturated heterocycles. The molecule has 1 heterocycles. The zero-order valence-corrected chi connectivity index (χ0v) is 16.5. The molecule has 2 fully saturated rings. The molecule has 1 aromatic rings. The van der Waals surface area contributed by atoms with Gasteiger partial charge < -0.3 is 14.7 Å². The number of carbonyl (C=O) groups is 2. The first-order valence-corrected chi connectivity index (χ1v) is 9.61. The van der Waals surface area contributed by atoms with Gasteiger partial charge in [-0.1, -0.05) is 26.0 Å². The van der Waals surface area contributed by atoms with Crippen molar-refractivity contribution in [1.29, 1.82) is 0 Å². The Hall–Kier alpha value is -1.88. The van der Waals surface area contributed by atoms with E-state index >= 15 is 0 Å². The molecule has 0 bridgehead atoms. The van der Waals surface area contributed by atoms with E-state index in [1.54, 1.807) is 0 Å². The van der Waals surface area contributed by atoms with Gasteiger partial charge in [0.2, 0.25) is 5.91 Å². The summed E-state index contributed by atoms with van der Waals surface area (Å²) in [5.41, 5.74) is 1.76. The number of hydrogen-bond donors (Lipinski definition) is 0. The van der Waals surface area contributed by atoms with Gasteiger partial charge in [-0.05, 0) is 50.6 Å². The minimum atomic E-state index is -0.173. The Morgan fingerprint density at radius 2 is 1.58 bits per heavy atom. The summed E-state index contributed by atoms with van der Waals surface area (Å²) in [6.45, 7) is 7.69. The topological polar surface area (TPSA) is 43.9 Å². The van der Waals surface area contributed by atoms with Crippen molar-refractivity contribution in [2.45, 2.75) is 33.2 Å². The highest BCUT2D eigenvalue weighted by atomic mass is 16.2. The molecule has 26 heavy (non-hydrogen) atoms. The van der Waals surface area contributed by atoms with Crippen LogP contribution in [-0.2, 0) is 11.3 Å². The lowest BCUT2D eigenvalue weighted by Crippen LogP contribution is -2.56. The van der Waals surface area contributed by atoms with Crippen LogP contribution < -0.4 is 0 Å². The zero-order chi connectivity index (χ0) is 18.9. The maximum Gasteiger partial charge on any atom is 0.253 e.